The quantitative estimate of drug-likeness (QED) is 0.739. The summed E-state index contributed by atoms with van der Waals surface area (Å²) in [5, 5.41) is 4.36. The lowest BCUT2D eigenvalue weighted by molar-refractivity contribution is 0.279. The summed E-state index contributed by atoms with van der Waals surface area (Å²) in [6, 6.07) is 4.34. The van der Waals surface area contributed by atoms with Crippen LogP contribution in [0.5, 0.6) is 5.75 Å². The van der Waals surface area contributed by atoms with Gasteiger partial charge < -0.3 is 10.1 Å². The van der Waals surface area contributed by atoms with Crippen LogP contribution in [0.3, 0.4) is 0 Å². The summed E-state index contributed by atoms with van der Waals surface area (Å²) >= 11 is 9.71. The van der Waals surface area contributed by atoms with Crippen molar-refractivity contribution in [3.8, 4) is 5.75 Å². The van der Waals surface area contributed by atoms with Gasteiger partial charge in [0.15, 0.2) is 5.75 Å². The van der Waals surface area contributed by atoms with Crippen LogP contribution in [0.25, 0.3) is 0 Å². The van der Waals surface area contributed by atoms with Gasteiger partial charge in [-0.25, -0.2) is 0 Å². The third-order valence-electron chi connectivity index (χ3n) is 3.84. The number of anilines is 1. The van der Waals surface area contributed by atoms with Crippen molar-refractivity contribution in [2.45, 2.75) is 46.1 Å². The molecule has 1 aromatic rings. The Labute approximate surface area is 135 Å². The molecule has 0 saturated heterocycles. The zero-order chi connectivity index (χ0) is 14.7. The molecule has 1 N–H and O–H groups in total. The lowest BCUT2D eigenvalue weighted by Gasteiger charge is -2.33. The van der Waals surface area contributed by atoms with E-state index in [1.807, 2.05) is 19.1 Å². The maximum atomic E-state index is 6.17. The van der Waals surface area contributed by atoms with Crippen molar-refractivity contribution in [3.63, 3.8) is 0 Å². The number of halogens is 2. The Morgan fingerprint density at radius 2 is 1.90 bits per heavy atom. The van der Waals surface area contributed by atoms with E-state index in [4.69, 9.17) is 16.3 Å². The highest BCUT2D eigenvalue weighted by atomic mass is 79.9. The number of hydrogen-bond donors (Lipinski definition) is 1. The molecule has 1 aliphatic rings. The topological polar surface area (TPSA) is 21.3 Å². The average Bonchev–Trinajstić information content (AvgIpc) is 2.32. The molecule has 2 unspecified atom stereocenters. The second kappa shape index (κ2) is 7.04. The second-order valence-electron chi connectivity index (χ2n) is 5.96. The summed E-state index contributed by atoms with van der Waals surface area (Å²) in [6.45, 7) is 7.31. The van der Waals surface area contributed by atoms with Crippen molar-refractivity contribution in [1.82, 2.24) is 0 Å². The van der Waals surface area contributed by atoms with Gasteiger partial charge >= 0.3 is 0 Å². The van der Waals surface area contributed by atoms with E-state index in [1.54, 1.807) is 0 Å². The molecular weight excluding hydrogens is 338 g/mol. The van der Waals surface area contributed by atoms with E-state index in [1.165, 1.54) is 19.3 Å². The van der Waals surface area contributed by atoms with Gasteiger partial charge in [-0.2, -0.15) is 0 Å². The standard InChI is InChI=1S/C16H23BrClNO/c1-4-20-16-14(17)8-12(18)9-15(16)19-13-6-10(2)5-11(3)7-13/h8-11,13,19H,4-7H2,1-3H3. The first kappa shape index (κ1) is 16.0. The molecule has 0 amide bonds. The number of benzene rings is 1. The first-order valence-electron chi connectivity index (χ1n) is 7.38. The maximum absolute atomic E-state index is 6.17. The minimum atomic E-state index is 0.498. The summed E-state index contributed by atoms with van der Waals surface area (Å²) in [4.78, 5) is 0. The van der Waals surface area contributed by atoms with Gasteiger partial charge in [0.25, 0.3) is 0 Å². The highest BCUT2D eigenvalue weighted by Gasteiger charge is 2.25. The monoisotopic (exact) mass is 359 g/mol. The van der Waals surface area contributed by atoms with Crippen LogP contribution >= 0.6 is 27.5 Å². The first-order chi connectivity index (χ1) is 9.49. The van der Waals surface area contributed by atoms with E-state index in [0.717, 1.165) is 32.8 Å². The predicted octanol–water partition coefficient (Wildman–Crippen LogP) is 5.74. The number of nitrogens with one attached hydrogen (secondary N) is 1. The van der Waals surface area contributed by atoms with Gasteiger partial charge in [-0.15, -0.1) is 0 Å². The minimum Gasteiger partial charge on any atom is -0.491 e. The van der Waals surface area contributed by atoms with Crippen LogP contribution in [0.2, 0.25) is 5.02 Å². The Hall–Kier alpha value is -0.410. The molecule has 2 nitrogen and oxygen atoms in total. The lowest BCUT2D eigenvalue weighted by atomic mass is 9.80. The Kier molecular flexibility index (Phi) is 5.62. The molecule has 0 spiro atoms. The zero-order valence-corrected chi connectivity index (χ0v) is 14.7. The van der Waals surface area contributed by atoms with Crippen molar-refractivity contribution in [2.24, 2.45) is 11.8 Å². The third kappa shape index (κ3) is 4.05. The van der Waals surface area contributed by atoms with E-state index < -0.39 is 0 Å². The van der Waals surface area contributed by atoms with Gasteiger partial charge in [0.1, 0.15) is 0 Å². The summed E-state index contributed by atoms with van der Waals surface area (Å²) in [7, 11) is 0. The predicted molar refractivity (Wildman–Crippen MR) is 89.9 cm³/mol. The molecule has 1 aromatic carbocycles. The van der Waals surface area contributed by atoms with E-state index in [-0.39, 0.29) is 0 Å². The van der Waals surface area contributed by atoms with Crippen LogP contribution in [0.4, 0.5) is 5.69 Å². The zero-order valence-electron chi connectivity index (χ0n) is 12.4. The van der Waals surface area contributed by atoms with E-state index in [2.05, 4.69) is 35.1 Å². The molecule has 1 fully saturated rings. The van der Waals surface area contributed by atoms with Crippen LogP contribution in [0.15, 0.2) is 16.6 Å². The molecule has 0 aromatic heterocycles. The van der Waals surface area contributed by atoms with Gasteiger partial charge in [-0.3, -0.25) is 0 Å². The SMILES string of the molecule is CCOc1c(Br)cc(Cl)cc1NC1CC(C)CC(C)C1. The Balaban J connectivity index is 2.19. The van der Waals surface area contributed by atoms with Crippen LogP contribution in [0, 0.1) is 11.8 Å². The summed E-state index contributed by atoms with van der Waals surface area (Å²) < 4.78 is 6.66. The molecule has 0 radical (unpaired) electrons. The normalized spacial score (nSPS) is 26.4. The molecular formula is C16H23BrClNO. The highest BCUT2D eigenvalue weighted by Crippen LogP contribution is 2.39. The Morgan fingerprint density at radius 3 is 2.50 bits per heavy atom. The second-order valence-corrected chi connectivity index (χ2v) is 7.25. The molecule has 1 saturated carbocycles. The first-order valence-corrected chi connectivity index (χ1v) is 8.55. The van der Waals surface area contributed by atoms with Crippen molar-refractivity contribution in [3.05, 3.63) is 21.6 Å². The Bertz CT molecular complexity index is 456. The van der Waals surface area contributed by atoms with Gasteiger partial charge in [0, 0.05) is 11.1 Å². The average molecular weight is 361 g/mol. The van der Waals surface area contributed by atoms with Crippen molar-refractivity contribution in [1.29, 1.82) is 0 Å². The molecule has 2 rings (SSSR count). The van der Waals surface area contributed by atoms with Crippen LogP contribution < -0.4 is 10.1 Å². The van der Waals surface area contributed by atoms with E-state index >= 15 is 0 Å². The third-order valence-corrected chi connectivity index (χ3v) is 4.64. The minimum absolute atomic E-state index is 0.498. The number of ether oxygens (including phenoxy) is 1. The maximum Gasteiger partial charge on any atom is 0.156 e. The van der Waals surface area contributed by atoms with Crippen LogP contribution in [-0.2, 0) is 0 Å². The van der Waals surface area contributed by atoms with Gasteiger partial charge in [-0.1, -0.05) is 25.4 Å². The van der Waals surface area contributed by atoms with Gasteiger partial charge in [-0.05, 0) is 66.1 Å². The fourth-order valence-electron chi connectivity index (χ4n) is 3.24. The molecule has 2 atom stereocenters. The molecule has 1 aliphatic carbocycles. The summed E-state index contributed by atoms with van der Waals surface area (Å²) in [6.07, 6.45) is 3.75. The molecule has 0 heterocycles. The molecule has 112 valence electrons. The fraction of sp³-hybridized carbons (Fsp3) is 0.625. The fourth-order valence-corrected chi connectivity index (χ4v) is 4.17. The van der Waals surface area contributed by atoms with Crippen LogP contribution in [0.1, 0.15) is 40.0 Å². The molecule has 20 heavy (non-hydrogen) atoms. The van der Waals surface area contributed by atoms with Gasteiger partial charge in [0.2, 0.25) is 0 Å². The lowest BCUT2D eigenvalue weighted by Crippen LogP contribution is -2.30. The van der Waals surface area contributed by atoms with Gasteiger partial charge in [0.05, 0.1) is 16.8 Å². The number of rotatable bonds is 4. The molecule has 0 bridgehead atoms. The highest BCUT2D eigenvalue weighted by molar-refractivity contribution is 9.10. The molecule has 0 aliphatic heterocycles. The largest absolute Gasteiger partial charge is 0.491 e. The summed E-state index contributed by atoms with van der Waals surface area (Å²) in [5.74, 6) is 2.41. The van der Waals surface area contributed by atoms with E-state index in [0.29, 0.717) is 12.6 Å². The number of hydrogen-bond acceptors (Lipinski definition) is 2. The van der Waals surface area contributed by atoms with Crippen molar-refractivity contribution < 1.29 is 4.74 Å². The van der Waals surface area contributed by atoms with Crippen molar-refractivity contribution >= 4 is 33.2 Å². The van der Waals surface area contributed by atoms with E-state index in [9.17, 15) is 0 Å². The van der Waals surface area contributed by atoms with Crippen LogP contribution in [-0.4, -0.2) is 12.6 Å². The summed E-state index contributed by atoms with van der Waals surface area (Å²) in [5.41, 5.74) is 0.998. The smallest absolute Gasteiger partial charge is 0.156 e. The van der Waals surface area contributed by atoms with Crippen molar-refractivity contribution in [2.75, 3.05) is 11.9 Å². The molecule has 4 heteroatoms. The Morgan fingerprint density at radius 1 is 1.25 bits per heavy atom.